The number of thioether (sulfide) groups is 1. The molecule has 2 aromatic heterocycles. The summed E-state index contributed by atoms with van der Waals surface area (Å²) in [7, 11) is 0. The summed E-state index contributed by atoms with van der Waals surface area (Å²) in [6.45, 7) is 0.586. The first-order valence-corrected chi connectivity index (χ1v) is 12.0. The van der Waals surface area contributed by atoms with Crippen molar-refractivity contribution >= 4 is 40.6 Å². The van der Waals surface area contributed by atoms with Gasteiger partial charge in [-0.25, -0.2) is 0 Å². The van der Waals surface area contributed by atoms with Crippen LogP contribution in [0.5, 0.6) is 0 Å². The lowest BCUT2D eigenvalue weighted by atomic mass is 10.2. The van der Waals surface area contributed by atoms with Crippen molar-refractivity contribution in [2.24, 2.45) is 4.99 Å². The molecule has 0 bridgehead atoms. The molecule has 2 saturated carbocycles. The fourth-order valence-electron chi connectivity index (χ4n) is 3.27. The zero-order chi connectivity index (χ0) is 19.8. The molecule has 2 heterocycles. The Morgan fingerprint density at radius 2 is 2.07 bits per heavy atom. The van der Waals surface area contributed by atoms with Crippen LogP contribution >= 0.6 is 34.7 Å². The Hall–Kier alpha value is -1.90. The predicted octanol–water partition coefficient (Wildman–Crippen LogP) is 4.27. The van der Waals surface area contributed by atoms with E-state index in [0.29, 0.717) is 28.3 Å². The van der Waals surface area contributed by atoms with Crippen LogP contribution in [-0.2, 0) is 11.3 Å². The number of benzene rings is 1. The van der Waals surface area contributed by atoms with Crippen molar-refractivity contribution in [1.29, 1.82) is 0 Å². The molecule has 0 aliphatic heterocycles. The summed E-state index contributed by atoms with van der Waals surface area (Å²) in [4.78, 5) is 17.5. The predicted molar refractivity (Wildman–Crippen MR) is 114 cm³/mol. The highest BCUT2D eigenvalue weighted by molar-refractivity contribution is 7.99. The minimum absolute atomic E-state index is 0.163. The molecule has 0 N–H and O–H groups in total. The van der Waals surface area contributed by atoms with Crippen LogP contribution in [0, 0.1) is 0 Å². The van der Waals surface area contributed by atoms with Crippen LogP contribution in [-0.4, -0.2) is 31.0 Å². The topological polar surface area (TPSA) is 65.1 Å². The van der Waals surface area contributed by atoms with Crippen LogP contribution in [0.25, 0.3) is 0 Å². The third-order valence-electron chi connectivity index (χ3n) is 5.05. The molecule has 2 fully saturated rings. The normalized spacial score (nSPS) is 17.1. The molecule has 6 nitrogen and oxygen atoms in total. The lowest BCUT2D eigenvalue weighted by molar-refractivity contribution is -0.115. The van der Waals surface area contributed by atoms with E-state index < -0.39 is 0 Å². The summed E-state index contributed by atoms with van der Waals surface area (Å²) in [5.41, 5.74) is 1.00. The molecule has 2 aliphatic carbocycles. The molecule has 0 radical (unpaired) electrons. The van der Waals surface area contributed by atoms with Gasteiger partial charge in [0.05, 0.1) is 12.3 Å². The molecule has 0 saturated heterocycles. The van der Waals surface area contributed by atoms with Gasteiger partial charge in [0.1, 0.15) is 5.82 Å². The van der Waals surface area contributed by atoms with E-state index in [1.807, 2.05) is 40.4 Å². The second-order valence-electron chi connectivity index (χ2n) is 7.42. The molecule has 9 heteroatoms. The maximum absolute atomic E-state index is 12.5. The average Bonchev–Trinajstić information content (AvgIpc) is 3.65. The van der Waals surface area contributed by atoms with Crippen molar-refractivity contribution in [3.63, 3.8) is 0 Å². The van der Waals surface area contributed by atoms with Crippen LogP contribution in [0.3, 0.4) is 0 Å². The van der Waals surface area contributed by atoms with Gasteiger partial charge in [-0.3, -0.25) is 4.79 Å². The van der Waals surface area contributed by atoms with Gasteiger partial charge < -0.3 is 9.13 Å². The van der Waals surface area contributed by atoms with Gasteiger partial charge in [-0.2, -0.15) is 4.99 Å². The van der Waals surface area contributed by atoms with Crippen molar-refractivity contribution in [3.8, 4) is 0 Å². The lowest BCUT2D eigenvalue weighted by Gasteiger charge is -2.07. The van der Waals surface area contributed by atoms with Crippen molar-refractivity contribution < 1.29 is 4.79 Å². The third-order valence-corrected chi connectivity index (χ3v) is 7.14. The zero-order valence-electron chi connectivity index (χ0n) is 15.7. The number of hydrogen-bond acceptors (Lipinski definition) is 5. The first-order chi connectivity index (χ1) is 14.2. The van der Waals surface area contributed by atoms with Gasteiger partial charge >= 0.3 is 0 Å². The SMILES string of the molecule is O=C(CSc1nnc(C2CC2)n1C1CC1)N=c1sccn1Cc1ccccc1Cl. The molecule has 0 atom stereocenters. The summed E-state index contributed by atoms with van der Waals surface area (Å²) in [5.74, 6) is 1.77. The van der Waals surface area contributed by atoms with E-state index in [1.54, 1.807) is 0 Å². The fraction of sp³-hybridized carbons (Fsp3) is 0.400. The summed E-state index contributed by atoms with van der Waals surface area (Å²) < 4.78 is 4.21. The molecule has 150 valence electrons. The summed E-state index contributed by atoms with van der Waals surface area (Å²) in [6, 6.07) is 8.24. The summed E-state index contributed by atoms with van der Waals surface area (Å²) >= 11 is 9.16. The Morgan fingerprint density at radius 3 is 2.83 bits per heavy atom. The molecular formula is C20H20ClN5OS2. The van der Waals surface area contributed by atoms with E-state index in [0.717, 1.165) is 16.5 Å². The molecule has 3 aromatic rings. The maximum atomic E-state index is 12.5. The van der Waals surface area contributed by atoms with Crippen molar-refractivity contribution in [3.05, 3.63) is 57.1 Å². The highest BCUT2D eigenvalue weighted by Crippen LogP contribution is 2.45. The van der Waals surface area contributed by atoms with E-state index in [4.69, 9.17) is 11.6 Å². The molecule has 1 amide bonds. The molecule has 29 heavy (non-hydrogen) atoms. The van der Waals surface area contributed by atoms with E-state index in [9.17, 15) is 4.79 Å². The Balaban J connectivity index is 1.29. The zero-order valence-corrected chi connectivity index (χ0v) is 18.1. The molecule has 0 spiro atoms. The van der Waals surface area contributed by atoms with Gasteiger partial charge in [-0.05, 0) is 37.3 Å². The number of thiazole rings is 1. The minimum Gasteiger partial charge on any atom is -0.319 e. The number of carbonyl (C=O) groups excluding carboxylic acids is 1. The monoisotopic (exact) mass is 445 g/mol. The number of rotatable bonds is 7. The highest BCUT2D eigenvalue weighted by Gasteiger charge is 2.36. The Bertz CT molecular complexity index is 1110. The van der Waals surface area contributed by atoms with Crippen LogP contribution in [0.4, 0.5) is 0 Å². The number of hydrogen-bond donors (Lipinski definition) is 0. The largest absolute Gasteiger partial charge is 0.319 e. The van der Waals surface area contributed by atoms with Crippen molar-refractivity contribution in [2.75, 3.05) is 5.75 Å². The van der Waals surface area contributed by atoms with E-state index in [1.165, 1.54) is 48.8 Å². The Morgan fingerprint density at radius 1 is 1.24 bits per heavy atom. The number of amides is 1. The minimum atomic E-state index is -0.163. The van der Waals surface area contributed by atoms with E-state index in [-0.39, 0.29) is 11.7 Å². The standard InChI is InChI=1S/C20H20ClN5OS2/c21-16-4-2-1-3-14(16)11-25-9-10-28-19(25)22-17(27)12-29-20-24-23-18(13-5-6-13)26(20)15-7-8-15/h1-4,9-10,13,15H,5-8,11-12H2. The van der Waals surface area contributed by atoms with Gasteiger partial charge in [-0.15, -0.1) is 21.5 Å². The lowest BCUT2D eigenvalue weighted by Crippen LogP contribution is -2.18. The average molecular weight is 446 g/mol. The summed E-state index contributed by atoms with van der Waals surface area (Å²) in [6.07, 6.45) is 6.70. The second-order valence-corrected chi connectivity index (χ2v) is 9.64. The molecule has 0 unspecified atom stereocenters. The quantitative estimate of drug-likeness (QED) is 0.509. The van der Waals surface area contributed by atoms with Crippen LogP contribution < -0.4 is 4.80 Å². The molecule has 1 aromatic carbocycles. The smallest absolute Gasteiger partial charge is 0.258 e. The third kappa shape index (κ3) is 4.34. The Kier molecular flexibility index (Phi) is 5.32. The van der Waals surface area contributed by atoms with Crippen molar-refractivity contribution in [1.82, 2.24) is 19.3 Å². The van der Waals surface area contributed by atoms with Gasteiger partial charge in [0.2, 0.25) is 0 Å². The molecule has 2 aliphatic rings. The van der Waals surface area contributed by atoms with Gasteiger partial charge in [-0.1, -0.05) is 41.6 Å². The van der Waals surface area contributed by atoms with Crippen molar-refractivity contribution in [2.45, 2.75) is 49.3 Å². The van der Waals surface area contributed by atoms with Gasteiger partial charge in [0.25, 0.3) is 5.91 Å². The van der Waals surface area contributed by atoms with Gasteiger partial charge in [0.15, 0.2) is 9.96 Å². The molecular weight excluding hydrogens is 426 g/mol. The van der Waals surface area contributed by atoms with E-state index >= 15 is 0 Å². The number of aromatic nitrogens is 4. The first-order valence-electron chi connectivity index (χ1n) is 9.71. The number of carbonyl (C=O) groups is 1. The van der Waals surface area contributed by atoms with Crippen LogP contribution in [0.1, 0.15) is 49.0 Å². The Labute approximate surface area is 181 Å². The number of halogens is 1. The van der Waals surface area contributed by atoms with E-state index in [2.05, 4.69) is 19.8 Å². The van der Waals surface area contributed by atoms with Crippen LogP contribution in [0.2, 0.25) is 5.02 Å². The first kappa shape index (κ1) is 19.1. The number of nitrogens with zero attached hydrogens (tertiary/aromatic N) is 5. The summed E-state index contributed by atoms with van der Waals surface area (Å²) in [5, 5.41) is 12.3. The molecule has 5 rings (SSSR count). The maximum Gasteiger partial charge on any atom is 0.258 e. The second kappa shape index (κ2) is 8.08. The highest BCUT2D eigenvalue weighted by atomic mass is 35.5. The van der Waals surface area contributed by atoms with Crippen LogP contribution in [0.15, 0.2) is 46.0 Å². The fourth-order valence-corrected chi connectivity index (χ4v) is 5.00. The van der Waals surface area contributed by atoms with Gasteiger partial charge in [0, 0.05) is 28.6 Å².